The van der Waals surface area contributed by atoms with Gasteiger partial charge in [0.2, 0.25) is 0 Å². The number of piperazine rings is 1. The van der Waals surface area contributed by atoms with Crippen LogP contribution in [0.5, 0.6) is 5.88 Å². The first-order chi connectivity index (χ1) is 18.8. The fourth-order valence-electron chi connectivity index (χ4n) is 4.84. The van der Waals surface area contributed by atoms with Crippen molar-refractivity contribution in [3.63, 3.8) is 0 Å². The Balaban J connectivity index is 1.40. The van der Waals surface area contributed by atoms with Crippen molar-refractivity contribution in [2.24, 2.45) is 0 Å². The van der Waals surface area contributed by atoms with Crippen molar-refractivity contribution in [3.05, 3.63) is 90.6 Å². The molecule has 1 atom stereocenters. The maximum absolute atomic E-state index is 13.4. The van der Waals surface area contributed by atoms with Crippen molar-refractivity contribution < 1.29 is 18.3 Å². The standard InChI is InChI=1S/C29H31N5O4S/c1-3-26(34-15-13-33(2)14-16-34)39(37,38)22-10-12-25(30-19-22)27-23-17-21(9-11-24(23)32-29(27)36)28(35)31-18-20-7-5-4-6-8-20/h3-12,17,19,26,32,36H,1,13-16,18H2,2H3,(H,31,35). The predicted octanol–water partition coefficient (Wildman–Crippen LogP) is 3.40. The number of sulfone groups is 1. The molecular formula is C29H31N5O4S. The van der Waals surface area contributed by atoms with E-state index in [0.717, 1.165) is 18.7 Å². The van der Waals surface area contributed by atoms with E-state index in [1.807, 2.05) is 42.3 Å². The second kappa shape index (κ2) is 11.0. The van der Waals surface area contributed by atoms with Crippen molar-refractivity contribution in [1.82, 2.24) is 25.1 Å². The molecule has 9 nitrogen and oxygen atoms in total. The van der Waals surface area contributed by atoms with Gasteiger partial charge in [0.15, 0.2) is 15.7 Å². The van der Waals surface area contributed by atoms with Crippen molar-refractivity contribution >= 4 is 26.6 Å². The first-order valence-electron chi connectivity index (χ1n) is 12.7. The zero-order valence-electron chi connectivity index (χ0n) is 21.7. The number of aromatic amines is 1. The average molecular weight is 546 g/mol. The van der Waals surface area contributed by atoms with Gasteiger partial charge in [0.25, 0.3) is 5.91 Å². The first-order valence-corrected chi connectivity index (χ1v) is 14.2. The van der Waals surface area contributed by atoms with Crippen LogP contribution in [0.2, 0.25) is 0 Å². The Hall–Kier alpha value is -3.99. The topological polar surface area (TPSA) is 119 Å². The number of aromatic nitrogens is 2. The molecule has 0 bridgehead atoms. The van der Waals surface area contributed by atoms with Gasteiger partial charge in [0.1, 0.15) is 5.37 Å². The van der Waals surface area contributed by atoms with Crippen molar-refractivity contribution in [1.29, 1.82) is 0 Å². The molecule has 10 heteroatoms. The molecule has 1 aliphatic heterocycles. The summed E-state index contributed by atoms with van der Waals surface area (Å²) in [5, 5.41) is 13.3. The number of hydrogen-bond acceptors (Lipinski definition) is 7. The predicted molar refractivity (Wildman–Crippen MR) is 151 cm³/mol. The molecule has 1 amide bonds. The molecule has 0 saturated carbocycles. The third-order valence-corrected chi connectivity index (χ3v) is 9.10. The minimum Gasteiger partial charge on any atom is -0.494 e. The molecule has 5 rings (SSSR count). The number of nitrogens with one attached hydrogen (secondary N) is 2. The summed E-state index contributed by atoms with van der Waals surface area (Å²) in [6.45, 7) is 6.98. The van der Waals surface area contributed by atoms with Crippen molar-refractivity contribution in [2.75, 3.05) is 33.2 Å². The van der Waals surface area contributed by atoms with E-state index >= 15 is 0 Å². The summed E-state index contributed by atoms with van der Waals surface area (Å²) in [6, 6.07) is 17.8. The Morgan fingerprint density at radius 2 is 1.87 bits per heavy atom. The average Bonchev–Trinajstić information content (AvgIpc) is 3.28. The Morgan fingerprint density at radius 1 is 1.13 bits per heavy atom. The van der Waals surface area contributed by atoms with E-state index in [1.165, 1.54) is 18.3 Å². The largest absolute Gasteiger partial charge is 0.494 e. The Bertz CT molecular complexity index is 1590. The first kappa shape index (κ1) is 26.6. The van der Waals surface area contributed by atoms with E-state index in [2.05, 4.69) is 26.8 Å². The van der Waals surface area contributed by atoms with Crippen LogP contribution in [0.4, 0.5) is 0 Å². The molecule has 1 fully saturated rings. The number of rotatable bonds is 8. The fraction of sp³-hybridized carbons (Fsp3) is 0.241. The summed E-state index contributed by atoms with van der Waals surface area (Å²) >= 11 is 0. The van der Waals surface area contributed by atoms with Crippen LogP contribution in [0.25, 0.3) is 22.2 Å². The normalized spacial score (nSPS) is 15.7. The number of amides is 1. The van der Waals surface area contributed by atoms with Crippen LogP contribution >= 0.6 is 0 Å². The number of aromatic hydroxyl groups is 1. The number of benzene rings is 2. The van der Waals surface area contributed by atoms with Gasteiger partial charge in [-0.05, 0) is 42.9 Å². The summed E-state index contributed by atoms with van der Waals surface area (Å²) in [6.07, 6.45) is 2.77. The molecule has 0 aliphatic carbocycles. The molecule has 1 saturated heterocycles. The molecule has 0 spiro atoms. The highest BCUT2D eigenvalue weighted by Crippen LogP contribution is 2.36. The van der Waals surface area contributed by atoms with Gasteiger partial charge in [-0.25, -0.2) is 8.42 Å². The molecule has 2 aromatic heterocycles. The second-order valence-electron chi connectivity index (χ2n) is 9.67. The third-order valence-electron chi connectivity index (χ3n) is 7.08. The zero-order chi connectivity index (χ0) is 27.6. The molecule has 4 aromatic rings. The number of H-pyrrole nitrogens is 1. The number of pyridine rings is 1. The molecule has 1 unspecified atom stereocenters. The number of carbonyl (C=O) groups is 1. The number of likely N-dealkylation sites (N-methyl/N-ethyl adjacent to an activating group) is 1. The highest BCUT2D eigenvalue weighted by atomic mass is 32.2. The molecule has 0 radical (unpaired) electrons. The Morgan fingerprint density at radius 3 is 2.54 bits per heavy atom. The highest BCUT2D eigenvalue weighted by molar-refractivity contribution is 7.92. The van der Waals surface area contributed by atoms with Crippen LogP contribution in [0.15, 0.2) is 84.4 Å². The maximum Gasteiger partial charge on any atom is 0.251 e. The smallest absolute Gasteiger partial charge is 0.251 e. The van der Waals surface area contributed by atoms with Crippen LogP contribution in [-0.2, 0) is 16.4 Å². The summed E-state index contributed by atoms with van der Waals surface area (Å²) in [7, 11) is -1.74. The van der Waals surface area contributed by atoms with Crippen LogP contribution in [0.3, 0.4) is 0 Å². The van der Waals surface area contributed by atoms with Gasteiger partial charge in [-0.3, -0.25) is 14.7 Å². The fourth-order valence-corrected chi connectivity index (χ4v) is 6.44. The van der Waals surface area contributed by atoms with Gasteiger partial charge in [0, 0.05) is 55.4 Å². The Kier molecular flexibility index (Phi) is 7.51. The lowest BCUT2D eigenvalue weighted by molar-refractivity contribution is 0.0951. The van der Waals surface area contributed by atoms with Gasteiger partial charge < -0.3 is 20.3 Å². The van der Waals surface area contributed by atoms with Crippen LogP contribution < -0.4 is 5.32 Å². The summed E-state index contributed by atoms with van der Waals surface area (Å²) in [5.74, 6) is -0.363. The lowest BCUT2D eigenvalue weighted by Gasteiger charge is -2.36. The Labute approximate surface area is 227 Å². The minimum atomic E-state index is -3.75. The van der Waals surface area contributed by atoms with Gasteiger partial charge in [0.05, 0.1) is 16.2 Å². The van der Waals surface area contributed by atoms with E-state index in [1.54, 1.807) is 24.3 Å². The van der Waals surface area contributed by atoms with Gasteiger partial charge >= 0.3 is 0 Å². The van der Waals surface area contributed by atoms with Crippen LogP contribution in [0, 0.1) is 0 Å². The number of fused-ring (bicyclic) bond motifs is 1. The molecule has 2 aromatic carbocycles. The van der Waals surface area contributed by atoms with Crippen LogP contribution in [0.1, 0.15) is 15.9 Å². The quantitative estimate of drug-likeness (QED) is 0.291. The third kappa shape index (κ3) is 5.44. The van der Waals surface area contributed by atoms with E-state index < -0.39 is 15.2 Å². The van der Waals surface area contributed by atoms with Crippen molar-refractivity contribution in [3.8, 4) is 17.1 Å². The second-order valence-corrected chi connectivity index (χ2v) is 11.7. The van der Waals surface area contributed by atoms with E-state index in [0.29, 0.717) is 47.4 Å². The van der Waals surface area contributed by atoms with Crippen LogP contribution in [-0.4, -0.2) is 77.8 Å². The molecule has 39 heavy (non-hydrogen) atoms. The minimum absolute atomic E-state index is 0.0791. The monoisotopic (exact) mass is 545 g/mol. The van der Waals surface area contributed by atoms with Gasteiger partial charge in [-0.15, -0.1) is 6.58 Å². The highest BCUT2D eigenvalue weighted by Gasteiger charge is 2.32. The van der Waals surface area contributed by atoms with Gasteiger partial charge in [-0.1, -0.05) is 36.4 Å². The SMILES string of the molecule is C=CC(N1CCN(C)CC1)S(=O)(=O)c1ccc(-c2c(O)[nH]c3ccc(C(=O)NCc4ccccc4)cc23)nc1. The van der Waals surface area contributed by atoms with Crippen molar-refractivity contribution in [2.45, 2.75) is 16.8 Å². The molecule has 1 aliphatic rings. The van der Waals surface area contributed by atoms with E-state index in [4.69, 9.17) is 0 Å². The maximum atomic E-state index is 13.4. The zero-order valence-corrected chi connectivity index (χ0v) is 22.5. The molecule has 202 valence electrons. The number of nitrogens with zero attached hydrogens (tertiary/aromatic N) is 3. The van der Waals surface area contributed by atoms with E-state index in [9.17, 15) is 18.3 Å². The molecular weight excluding hydrogens is 514 g/mol. The summed E-state index contributed by atoms with van der Waals surface area (Å²) in [5.41, 5.74) is 2.82. The lowest BCUT2D eigenvalue weighted by atomic mass is 10.1. The van der Waals surface area contributed by atoms with Gasteiger partial charge in [-0.2, -0.15) is 0 Å². The molecule has 3 N–H and O–H groups in total. The number of hydrogen-bond donors (Lipinski definition) is 3. The van der Waals surface area contributed by atoms with E-state index in [-0.39, 0.29) is 16.7 Å². The summed E-state index contributed by atoms with van der Waals surface area (Å²) in [4.78, 5) is 24.3. The summed E-state index contributed by atoms with van der Waals surface area (Å²) < 4.78 is 26.9. The number of carbonyl (C=O) groups excluding carboxylic acids is 1. The molecule has 3 heterocycles. The lowest BCUT2D eigenvalue weighted by Crippen LogP contribution is -2.50.